The second kappa shape index (κ2) is 8.90. The van der Waals surface area contributed by atoms with E-state index in [0.717, 1.165) is 5.56 Å². The molecule has 25 heavy (non-hydrogen) atoms. The highest BCUT2D eigenvalue weighted by Gasteiger charge is 2.27. The molecule has 130 valence electrons. The van der Waals surface area contributed by atoms with E-state index in [-0.39, 0.29) is 12.1 Å². The van der Waals surface area contributed by atoms with Crippen LogP contribution in [0.3, 0.4) is 0 Å². The molecule has 2 rings (SSSR count). The topological polar surface area (TPSA) is 124 Å². The van der Waals surface area contributed by atoms with Crippen molar-refractivity contribution in [3.63, 3.8) is 0 Å². The predicted octanol–water partition coefficient (Wildman–Crippen LogP) is -0.666. The van der Waals surface area contributed by atoms with Gasteiger partial charge in [-0.1, -0.05) is 30.3 Å². The van der Waals surface area contributed by atoms with Crippen molar-refractivity contribution in [2.75, 3.05) is 0 Å². The van der Waals surface area contributed by atoms with E-state index in [0.29, 0.717) is 0 Å². The van der Waals surface area contributed by atoms with Gasteiger partial charge in [0.25, 0.3) is 5.91 Å². The van der Waals surface area contributed by atoms with E-state index in [2.05, 4.69) is 20.6 Å². The molecule has 4 N–H and O–H groups in total. The Morgan fingerprint density at radius 3 is 2.48 bits per heavy atom. The Bertz CT molecular complexity index is 700. The summed E-state index contributed by atoms with van der Waals surface area (Å²) in [6.45, 7) is 1.45. The molecule has 8 nitrogen and oxygen atoms in total. The number of nitrogens with one attached hydrogen (secondary N) is 2. The van der Waals surface area contributed by atoms with Crippen molar-refractivity contribution in [1.82, 2.24) is 20.6 Å². The van der Waals surface area contributed by atoms with Gasteiger partial charge in [-0.05, 0) is 12.5 Å². The molecule has 2 atom stereocenters. The third kappa shape index (κ3) is 5.66. The quantitative estimate of drug-likeness (QED) is 0.495. The van der Waals surface area contributed by atoms with Crippen LogP contribution in [0.2, 0.25) is 0 Å². The van der Waals surface area contributed by atoms with E-state index in [9.17, 15) is 9.59 Å². The van der Waals surface area contributed by atoms with Crippen LogP contribution in [0.15, 0.2) is 48.9 Å². The summed E-state index contributed by atoms with van der Waals surface area (Å²) in [5.41, 5.74) is 0.933. The average Bonchev–Trinajstić information content (AvgIpc) is 2.62. The van der Waals surface area contributed by atoms with Gasteiger partial charge in [0.15, 0.2) is 0 Å². The third-order valence-corrected chi connectivity index (χ3v) is 3.52. The minimum atomic E-state index is -1.70. The summed E-state index contributed by atoms with van der Waals surface area (Å²) >= 11 is 0. The summed E-state index contributed by atoms with van der Waals surface area (Å²) in [7, 11) is -1.70. The Hall–Kier alpha value is -2.78. The van der Waals surface area contributed by atoms with E-state index in [1.54, 1.807) is 0 Å². The number of aromatic nitrogens is 2. The largest absolute Gasteiger partial charge is 0.475 e. The molecule has 0 spiro atoms. The summed E-state index contributed by atoms with van der Waals surface area (Å²) in [6.07, 6.45) is 4.36. The minimum absolute atomic E-state index is 0.0867. The van der Waals surface area contributed by atoms with Crippen molar-refractivity contribution < 1.29 is 19.6 Å². The van der Waals surface area contributed by atoms with Crippen molar-refractivity contribution in [2.45, 2.75) is 25.3 Å². The first-order chi connectivity index (χ1) is 12.0. The summed E-state index contributed by atoms with van der Waals surface area (Å²) in [5.74, 6) is -1.94. The van der Waals surface area contributed by atoms with Crippen molar-refractivity contribution in [3.8, 4) is 0 Å². The van der Waals surface area contributed by atoms with Gasteiger partial charge in [0.2, 0.25) is 5.91 Å². The van der Waals surface area contributed by atoms with Crippen LogP contribution in [0.5, 0.6) is 0 Å². The fourth-order valence-electron chi connectivity index (χ4n) is 2.11. The zero-order valence-corrected chi connectivity index (χ0v) is 13.7. The number of carbonyl (C=O) groups excluding carboxylic acids is 2. The lowest BCUT2D eigenvalue weighted by atomic mass is 9.81. The normalized spacial score (nSPS) is 12.8. The Kier molecular flexibility index (Phi) is 6.61. The van der Waals surface area contributed by atoms with Crippen molar-refractivity contribution in [3.05, 3.63) is 60.2 Å². The van der Waals surface area contributed by atoms with Crippen LogP contribution in [0, 0.1) is 0 Å². The monoisotopic (exact) mass is 342 g/mol. The second-order valence-corrected chi connectivity index (χ2v) is 5.52. The summed E-state index contributed by atoms with van der Waals surface area (Å²) in [4.78, 5) is 32.4. The molecule has 0 aliphatic carbocycles. The Morgan fingerprint density at radius 1 is 1.16 bits per heavy atom. The molecule has 0 radical (unpaired) electrons. The Balaban J connectivity index is 2.13. The Morgan fingerprint density at radius 2 is 1.88 bits per heavy atom. The van der Waals surface area contributed by atoms with Gasteiger partial charge >= 0.3 is 7.12 Å². The molecule has 0 fully saturated rings. The second-order valence-electron chi connectivity index (χ2n) is 5.52. The molecule has 1 aromatic carbocycles. The zero-order valence-electron chi connectivity index (χ0n) is 13.7. The number of nitrogens with zero attached hydrogens (tertiary/aromatic N) is 2. The van der Waals surface area contributed by atoms with Crippen LogP contribution in [0.4, 0.5) is 0 Å². The van der Waals surface area contributed by atoms with Crippen molar-refractivity contribution in [2.24, 2.45) is 0 Å². The number of hydrogen-bond donors (Lipinski definition) is 4. The smallest absolute Gasteiger partial charge is 0.426 e. The molecule has 1 aromatic heterocycles. The van der Waals surface area contributed by atoms with E-state index in [1.165, 1.54) is 25.5 Å². The van der Waals surface area contributed by atoms with E-state index < -0.39 is 30.9 Å². The first-order valence-corrected chi connectivity index (χ1v) is 7.74. The lowest BCUT2D eigenvalue weighted by Gasteiger charge is -2.21. The van der Waals surface area contributed by atoms with Gasteiger partial charge in [-0.3, -0.25) is 14.6 Å². The molecule has 2 unspecified atom stereocenters. The number of amides is 2. The van der Waals surface area contributed by atoms with E-state index in [4.69, 9.17) is 10.0 Å². The average molecular weight is 342 g/mol. The fourth-order valence-corrected chi connectivity index (χ4v) is 2.11. The maximum Gasteiger partial charge on any atom is 0.475 e. The van der Waals surface area contributed by atoms with Gasteiger partial charge in [-0.25, -0.2) is 4.98 Å². The minimum Gasteiger partial charge on any atom is -0.426 e. The van der Waals surface area contributed by atoms with Crippen LogP contribution in [-0.2, 0) is 11.2 Å². The van der Waals surface area contributed by atoms with Crippen molar-refractivity contribution in [1.29, 1.82) is 0 Å². The summed E-state index contributed by atoms with van der Waals surface area (Å²) in [6, 6.07) is 8.26. The zero-order chi connectivity index (χ0) is 18.2. The van der Waals surface area contributed by atoms with Gasteiger partial charge in [-0.15, -0.1) is 0 Å². The molecular weight excluding hydrogens is 323 g/mol. The molecule has 0 aliphatic rings. The van der Waals surface area contributed by atoms with Crippen LogP contribution in [0.25, 0.3) is 0 Å². The molecule has 2 aromatic rings. The fraction of sp³-hybridized carbons (Fsp3) is 0.250. The maximum atomic E-state index is 12.4. The standard InChI is InChI=1S/C16H19BN4O4/c1-11(17(24)25)20-15(22)13(9-12-5-3-2-4-6-12)21-16(23)14-10-18-7-8-19-14/h2-8,10-11,13,24-25H,9H2,1H3,(H,20,22)(H,21,23). The molecule has 2 amide bonds. The third-order valence-electron chi connectivity index (χ3n) is 3.52. The summed E-state index contributed by atoms with van der Waals surface area (Å²) in [5, 5.41) is 23.3. The van der Waals surface area contributed by atoms with Crippen LogP contribution >= 0.6 is 0 Å². The molecule has 9 heteroatoms. The Labute approximate surface area is 145 Å². The molecular formula is C16H19BN4O4. The van der Waals surface area contributed by atoms with Gasteiger partial charge in [-0.2, -0.15) is 0 Å². The van der Waals surface area contributed by atoms with E-state index >= 15 is 0 Å². The molecule has 0 saturated heterocycles. The number of rotatable bonds is 7. The number of hydrogen-bond acceptors (Lipinski definition) is 6. The SMILES string of the molecule is CC(NC(=O)C(Cc1ccccc1)NC(=O)c1cnccn1)B(O)O. The first kappa shape index (κ1) is 18.6. The van der Waals surface area contributed by atoms with Crippen LogP contribution < -0.4 is 10.6 Å². The van der Waals surface area contributed by atoms with Gasteiger partial charge in [0.05, 0.1) is 12.1 Å². The highest BCUT2D eigenvalue weighted by Crippen LogP contribution is 2.05. The summed E-state index contributed by atoms with van der Waals surface area (Å²) < 4.78 is 0. The predicted molar refractivity (Wildman–Crippen MR) is 91.2 cm³/mol. The lowest BCUT2D eigenvalue weighted by Crippen LogP contribution is -2.53. The highest BCUT2D eigenvalue weighted by molar-refractivity contribution is 6.43. The maximum absolute atomic E-state index is 12.4. The molecule has 0 aliphatic heterocycles. The lowest BCUT2D eigenvalue weighted by molar-refractivity contribution is -0.123. The van der Waals surface area contributed by atoms with E-state index in [1.807, 2.05) is 30.3 Å². The molecule has 0 saturated carbocycles. The van der Waals surface area contributed by atoms with Crippen molar-refractivity contribution >= 4 is 18.9 Å². The van der Waals surface area contributed by atoms with Gasteiger partial charge < -0.3 is 20.7 Å². The van der Waals surface area contributed by atoms with Crippen LogP contribution in [0.1, 0.15) is 23.0 Å². The first-order valence-electron chi connectivity index (χ1n) is 7.74. The molecule has 1 heterocycles. The number of benzene rings is 1. The number of carbonyl (C=O) groups is 2. The highest BCUT2D eigenvalue weighted by atomic mass is 16.4. The van der Waals surface area contributed by atoms with Gasteiger partial charge in [0, 0.05) is 18.8 Å². The van der Waals surface area contributed by atoms with Crippen LogP contribution in [-0.4, -0.2) is 50.9 Å². The molecule has 0 bridgehead atoms. The van der Waals surface area contributed by atoms with Gasteiger partial charge in [0.1, 0.15) is 11.7 Å².